The summed E-state index contributed by atoms with van der Waals surface area (Å²) < 4.78 is 10.7. The predicted molar refractivity (Wildman–Crippen MR) is 268 cm³/mol. The van der Waals surface area contributed by atoms with E-state index in [1.165, 1.54) is 136 Å². The fourth-order valence-corrected chi connectivity index (χ4v) is 15.2. The molecule has 1 nitrogen and oxygen atoms in total. The number of hydrogen-bond acceptors (Lipinski definition) is 5. The summed E-state index contributed by atoms with van der Waals surface area (Å²) in [6, 6.07) is 65.0. The number of nitrogens with zero attached hydrogens (tertiary/aromatic N) is 1. The minimum atomic E-state index is 0.0993. The Morgan fingerprint density at radius 2 is 0.883 bits per heavy atom. The highest BCUT2D eigenvalue weighted by Crippen LogP contribution is 2.49. The van der Waals surface area contributed by atoms with Crippen LogP contribution in [0.3, 0.4) is 0 Å². The Hall–Kier alpha value is -6.28. The zero-order valence-electron chi connectivity index (χ0n) is 31.8. The first-order valence-electron chi connectivity index (χ1n) is 20.4. The summed E-state index contributed by atoms with van der Waals surface area (Å²) in [5, 5.41) is 10.7. The van der Waals surface area contributed by atoms with Crippen LogP contribution >= 0.6 is 45.3 Å². The van der Waals surface area contributed by atoms with Crippen LogP contribution in [0.15, 0.2) is 170 Å². The summed E-state index contributed by atoms with van der Waals surface area (Å²) in [7, 11) is 0. The SMILES string of the molecule is c1ccc2c(c1)sc1cc(N3c4cc5sc6ccccc6c5cc4B4c5cc6c(cc5-c5cc(-c7cccc8sc9ccccc9c78)cc3c54)sc3ccccc36)ccc12. The predicted octanol–water partition coefficient (Wildman–Crippen LogP) is 15.1. The van der Waals surface area contributed by atoms with Crippen LogP contribution in [0.5, 0.6) is 0 Å². The lowest BCUT2D eigenvalue weighted by Crippen LogP contribution is -2.54. The van der Waals surface area contributed by atoms with Crippen molar-refractivity contribution < 1.29 is 0 Å². The molecule has 13 aromatic rings. The summed E-state index contributed by atoms with van der Waals surface area (Å²) >= 11 is 7.63. The van der Waals surface area contributed by atoms with E-state index in [0.717, 1.165) is 0 Å². The van der Waals surface area contributed by atoms with Gasteiger partial charge in [0.2, 0.25) is 6.71 Å². The van der Waals surface area contributed by atoms with Crippen molar-refractivity contribution in [2.24, 2.45) is 0 Å². The molecule has 9 aromatic carbocycles. The van der Waals surface area contributed by atoms with Crippen LogP contribution in [-0.2, 0) is 0 Å². The van der Waals surface area contributed by atoms with Crippen LogP contribution in [0.25, 0.3) is 103 Å². The van der Waals surface area contributed by atoms with E-state index < -0.39 is 0 Å². The number of benzene rings is 9. The van der Waals surface area contributed by atoms with Crippen LogP contribution in [0.1, 0.15) is 0 Å². The van der Waals surface area contributed by atoms with Gasteiger partial charge in [-0.05, 0) is 111 Å². The number of anilines is 3. The largest absolute Gasteiger partial charge is 0.311 e. The van der Waals surface area contributed by atoms with Crippen molar-refractivity contribution in [2.75, 3.05) is 4.90 Å². The third-order valence-corrected chi connectivity index (χ3v) is 17.8. The van der Waals surface area contributed by atoms with E-state index in [2.05, 4.69) is 175 Å². The van der Waals surface area contributed by atoms with Gasteiger partial charge in [0.05, 0.1) is 0 Å². The van der Waals surface area contributed by atoms with Gasteiger partial charge in [0.1, 0.15) is 0 Å². The molecular weight excluding hydrogens is 802 g/mol. The first-order valence-corrected chi connectivity index (χ1v) is 23.7. The molecule has 2 aliphatic rings. The van der Waals surface area contributed by atoms with Crippen molar-refractivity contribution in [3.63, 3.8) is 0 Å². The Balaban J connectivity index is 1.09. The Morgan fingerprint density at radius 3 is 1.60 bits per heavy atom. The second-order valence-electron chi connectivity index (χ2n) is 16.3. The van der Waals surface area contributed by atoms with E-state index in [-0.39, 0.29) is 6.71 Å². The quantitative estimate of drug-likeness (QED) is 0.157. The van der Waals surface area contributed by atoms with Crippen molar-refractivity contribution in [3.8, 4) is 22.3 Å². The Kier molecular flexibility index (Phi) is 6.36. The third-order valence-electron chi connectivity index (χ3n) is 13.2. The van der Waals surface area contributed by atoms with Crippen LogP contribution in [0.2, 0.25) is 0 Å². The maximum atomic E-state index is 2.62. The van der Waals surface area contributed by atoms with Gasteiger partial charge in [0.25, 0.3) is 0 Å². The summed E-state index contributed by atoms with van der Waals surface area (Å²) in [6.07, 6.45) is 0. The standard InChI is InChI=1S/C54H28BNS4/c1-5-15-45-32(10-1)35-21-20-30(24-50(35)58-45)56-43-28-52-39(34-12-3-7-17-47(34)60-52)26-42(43)55-41-25-38-33-11-2-6-16-46(33)59-51(38)27-37(41)40-22-29(23-44(56)54(40)55)31-14-9-19-49-53(31)36-13-4-8-18-48(36)57-49/h1-28H. The number of thiophene rings is 4. The summed E-state index contributed by atoms with van der Waals surface area (Å²) in [4.78, 5) is 2.62. The van der Waals surface area contributed by atoms with E-state index in [1.54, 1.807) is 0 Å². The van der Waals surface area contributed by atoms with Crippen LogP contribution < -0.4 is 21.3 Å². The highest BCUT2D eigenvalue weighted by molar-refractivity contribution is 7.27. The van der Waals surface area contributed by atoms with Gasteiger partial charge in [-0.2, -0.15) is 0 Å². The Morgan fingerprint density at radius 1 is 0.333 bits per heavy atom. The van der Waals surface area contributed by atoms with Crippen molar-refractivity contribution in [1.29, 1.82) is 0 Å². The molecule has 4 aromatic heterocycles. The van der Waals surface area contributed by atoms with Gasteiger partial charge in [-0.3, -0.25) is 0 Å². The molecule has 0 N–H and O–H groups in total. The van der Waals surface area contributed by atoms with Crippen molar-refractivity contribution in [2.45, 2.75) is 0 Å². The molecular formula is C54H28BNS4. The smallest absolute Gasteiger partial charge is 0.248 e. The van der Waals surface area contributed by atoms with E-state index in [0.29, 0.717) is 0 Å². The highest BCUT2D eigenvalue weighted by Gasteiger charge is 2.44. The molecule has 276 valence electrons. The molecule has 0 saturated carbocycles. The van der Waals surface area contributed by atoms with Gasteiger partial charge in [-0.25, -0.2) is 0 Å². The molecule has 0 unspecified atom stereocenters. The third kappa shape index (κ3) is 4.26. The van der Waals surface area contributed by atoms with Crippen molar-refractivity contribution in [1.82, 2.24) is 0 Å². The fourth-order valence-electron chi connectivity index (χ4n) is 10.7. The van der Waals surface area contributed by atoms with Gasteiger partial charge in [0.15, 0.2) is 0 Å². The molecule has 0 radical (unpaired) electrons. The molecule has 6 heteroatoms. The second kappa shape index (κ2) is 11.7. The summed E-state index contributed by atoms with van der Waals surface area (Å²) in [5.41, 5.74) is 13.2. The van der Waals surface area contributed by atoms with Crippen LogP contribution in [0, 0.1) is 0 Å². The number of rotatable bonds is 2. The van der Waals surface area contributed by atoms with E-state index in [9.17, 15) is 0 Å². The summed E-state index contributed by atoms with van der Waals surface area (Å²) in [6.45, 7) is 0.0993. The van der Waals surface area contributed by atoms with Gasteiger partial charge in [0, 0.05) is 87.0 Å². The number of hydrogen-bond donors (Lipinski definition) is 0. The molecule has 2 aliphatic heterocycles. The lowest BCUT2D eigenvalue weighted by atomic mass is 9.37. The lowest BCUT2D eigenvalue weighted by Gasteiger charge is -2.36. The monoisotopic (exact) mass is 829 g/mol. The Labute approximate surface area is 360 Å². The molecule has 15 rings (SSSR count). The van der Waals surface area contributed by atoms with E-state index >= 15 is 0 Å². The van der Waals surface area contributed by atoms with E-state index in [1.807, 2.05) is 45.3 Å². The maximum Gasteiger partial charge on any atom is 0.248 e. The number of fused-ring (bicyclic) bond motifs is 17. The minimum Gasteiger partial charge on any atom is -0.311 e. The first-order chi connectivity index (χ1) is 29.7. The maximum absolute atomic E-state index is 2.62. The van der Waals surface area contributed by atoms with Crippen LogP contribution in [-0.4, -0.2) is 6.71 Å². The highest BCUT2D eigenvalue weighted by atomic mass is 32.1. The van der Waals surface area contributed by atoms with Gasteiger partial charge < -0.3 is 4.90 Å². The van der Waals surface area contributed by atoms with E-state index in [4.69, 9.17) is 0 Å². The van der Waals surface area contributed by atoms with Gasteiger partial charge >= 0.3 is 0 Å². The zero-order chi connectivity index (χ0) is 38.8. The van der Waals surface area contributed by atoms with Crippen molar-refractivity contribution in [3.05, 3.63) is 170 Å². The second-order valence-corrected chi connectivity index (χ2v) is 20.7. The molecule has 0 atom stereocenters. The molecule has 0 amide bonds. The average molecular weight is 830 g/mol. The Bertz CT molecular complexity index is 4050. The van der Waals surface area contributed by atoms with Crippen LogP contribution in [0.4, 0.5) is 17.1 Å². The molecule has 0 aliphatic carbocycles. The molecule has 0 bridgehead atoms. The summed E-state index contributed by atoms with van der Waals surface area (Å²) in [5.74, 6) is 0. The zero-order valence-corrected chi connectivity index (χ0v) is 35.1. The average Bonchev–Trinajstić information content (AvgIpc) is 4.10. The van der Waals surface area contributed by atoms with Gasteiger partial charge in [-0.15, -0.1) is 45.3 Å². The molecule has 60 heavy (non-hydrogen) atoms. The molecule has 6 heterocycles. The minimum absolute atomic E-state index is 0.0993. The normalized spacial score (nSPS) is 13.3. The van der Waals surface area contributed by atoms with Gasteiger partial charge in [-0.1, -0.05) is 109 Å². The fraction of sp³-hybridized carbons (Fsp3) is 0. The molecule has 0 spiro atoms. The van der Waals surface area contributed by atoms with Crippen molar-refractivity contribution >= 4 is 166 Å². The first kappa shape index (κ1) is 32.6. The lowest BCUT2D eigenvalue weighted by molar-refractivity contribution is 1.31. The topological polar surface area (TPSA) is 3.24 Å². The molecule has 0 fully saturated rings. The molecule has 0 saturated heterocycles.